The fourth-order valence-electron chi connectivity index (χ4n) is 3.81. The van der Waals surface area contributed by atoms with Crippen LogP contribution in [0.5, 0.6) is 17.2 Å². The molecule has 5 heteroatoms. The summed E-state index contributed by atoms with van der Waals surface area (Å²) in [5, 5.41) is 2.59. The van der Waals surface area contributed by atoms with Gasteiger partial charge in [-0.05, 0) is 29.4 Å². The zero-order chi connectivity index (χ0) is 17.9. The average Bonchev–Trinajstić information content (AvgIpc) is 2.68. The summed E-state index contributed by atoms with van der Waals surface area (Å²) in [4.78, 5) is 11.9. The van der Waals surface area contributed by atoms with E-state index in [4.69, 9.17) is 14.2 Å². The van der Waals surface area contributed by atoms with Gasteiger partial charge < -0.3 is 14.2 Å². The van der Waals surface area contributed by atoms with Crippen molar-refractivity contribution in [2.45, 2.75) is 24.9 Å². The average molecular weight is 356 g/mol. The lowest BCUT2D eigenvalue weighted by molar-refractivity contribution is -0.118. The van der Waals surface area contributed by atoms with Gasteiger partial charge in [-0.1, -0.05) is 35.5 Å². The number of hydrogen-bond acceptors (Lipinski definition) is 4. The Morgan fingerprint density at radius 3 is 1.84 bits per heavy atom. The Hall–Kier alpha value is -2.27. The van der Waals surface area contributed by atoms with E-state index in [9.17, 15) is 4.79 Å². The fourth-order valence-corrected chi connectivity index (χ4v) is 8.61. The van der Waals surface area contributed by atoms with Gasteiger partial charge in [0.05, 0.1) is 21.3 Å². The third kappa shape index (κ3) is 3.16. The third-order valence-corrected chi connectivity index (χ3v) is 10.2. The number of ether oxygens (including phenoxy) is 3. The van der Waals surface area contributed by atoms with Crippen LogP contribution >= 0.6 is 0 Å². The molecule has 2 aromatic rings. The third-order valence-electron chi connectivity index (χ3n) is 5.20. The van der Waals surface area contributed by atoms with Crippen molar-refractivity contribution in [2.75, 3.05) is 21.3 Å². The first-order chi connectivity index (χ1) is 12.1. The van der Waals surface area contributed by atoms with Crippen LogP contribution in [0.3, 0.4) is 0 Å². The quantitative estimate of drug-likeness (QED) is 0.773. The van der Waals surface area contributed by atoms with Gasteiger partial charge in [-0.3, -0.25) is 4.79 Å². The molecule has 2 aromatic carbocycles. The molecule has 0 bridgehead atoms. The molecule has 1 saturated heterocycles. The smallest absolute Gasteiger partial charge is 0.203 e. The van der Waals surface area contributed by atoms with E-state index < -0.39 is 8.07 Å². The lowest BCUT2D eigenvalue weighted by Crippen LogP contribution is -2.59. The summed E-state index contributed by atoms with van der Waals surface area (Å²) in [7, 11) is 2.85. The Bertz CT molecular complexity index is 723. The maximum atomic E-state index is 11.9. The first-order valence-corrected chi connectivity index (χ1v) is 10.9. The fraction of sp³-hybridized carbons (Fsp3) is 0.350. The van der Waals surface area contributed by atoms with E-state index in [0.29, 0.717) is 35.9 Å². The summed E-state index contributed by atoms with van der Waals surface area (Å²) in [6.45, 7) is 0. The molecule has 0 amide bonds. The maximum Gasteiger partial charge on any atom is 0.203 e. The summed E-state index contributed by atoms with van der Waals surface area (Å²) in [5.74, 6) is 2.33. The predicted molar refractivity (Wildman–Crippen MR) is 101 cm³/mol. The highest BCUT2D eigenvalue weighted by atomic mass is 28.3. The first-order valence-electron chi connectivity index (χ1n) is 8.52. The van der Waals surface area contributed by atoms with E-state index in [-0.39, 0.29) is 0 Å². The van der Waals surface area contributed by atoms with Crippen molar-refractivity contribution in [1.29, 1.82) is 0 Å². The second kappa shape index (κ2) is 7.31. The van der Waals surface area contributed by atoms with Gasteiger partial charge in [0.2, 0.25) is 5.75 Å². The highest BCUT2D eigenvalue weighted by Crippen LogP contribution is 2.38. The second-order valence-corrected chi connectivity index (χ2v) is 10.7. The number of Topliss-reactive ketones (excluding diaryl/α,β-unsaturated/α-hetero) is 1. The SMILES string of the molecule is COc1cc([Si]2(c3ccccc3)CCC(=O)CC2)cc(OC)c1OC. The molecule has 0 aliphatic carbocycles. The number of carbonyl (C=O) groups excluding carboxylic acids is 1. The van der Waals surface area contributed by atoms with Crippen molar-refractivity contribution in [2.24, 2.45) is 0 Å². The number of rotatable bonds is 5. The van der Waals surface area contributed by atoms with Gasteiger partial charge in [-0.25, -0.2) is 0 Å². The molecule has 132 valence electrons. The molecule has 1 aliphatic rings. The summed E-state index contributed by atoms with van der Waals surface area (Å²) >= 11 is 0. The Labute approximate surface area is 149 Å². The van der Waals surface area contributed by atoms with E-state index in [0.717, 1.165) is 12.1 Å². The van der Waals surface area contributed by atoms with Gasteiger partial charge in [-0.15, -0.1) is 0 Å². The molecule has 4 nitrogen and oxygen atoms in total. The first kappa shape index (κ1) is 17.5. The van der Waals surface area contributed by atoms with Crippen LogP contribution in [0.4, 0.5) is 0 Å². The minimum atomic E-state index is -2.04. The Morgan fingerprint density at radius 2 is 1.36 bits per heavy atom. The molecular weight excluding hydrogens is 332 g/mol. The molecule has 0 atom stereocenters. The Kier molecular flexibility index (Phi) is 5.13. The van der Waals surface area contributed by atoms with Crippen molar-refractivity contribution in [3.8, 4) is 17.2 Å². The number of hydrogen-bond donors (Lipinski definition) is 0. The molecule has 0 spiro atoms. The van der Waals surface area contributed by atoms with Gasteiger partial charge in [0.15, 0.2) is 11.5 Å². The van der Waals surface area contributed by atoms with Crippen LogP contribution in [0.25, 0.3) is 0 Å². The van der Waals surface area contributed by atoms with Crippen molar-refractivity contribution in [3.63, 3.8) is 0 Å². The molecule has 0 N–H and O–H groups in total. The molecule has 3 rings (SSSR count). The molecule has 1 heterocycles. The molecule has 0 saturated carbocycles. The van der Waals surface area contributed by atoms with Gasteiger partial charge in [-0.2, -0.15) is 0 Å². The molecule has 0 radical (unpaired) electrons. The number of ketones is 1. The molecule has 0 aromatic heterocycles. The number of benzene rings is 2. The van der Waals surface area contributed by atoms with E-state index in [1.54, 1.807) is 21.3 Å². The lowest BCUT2D eigenvalue weighted by Gasteiger charge is -2.36. The van der Waals surface area contributed by atoms with Crippen molar-refractivity contribution < 1.29 is 19.0 Å². The van der Waals surface area contributed by atoms with Gasteiger partial charge in [0.1, 0.15) is 13.9 Å². The zero-order valence-electron chi connectivity index (χ0n) is 15.0. The van der Waals surface area contributed by atoms with Crippen LogP contribution in [-0.4, -0.2) is 35.2 Å². The van der Waals surface area contributed by atoms with Gasteiger partial charge in [0.25, 0.3) is 0 Å². The number of carbonyl (C=O) groups is 1. The summed E-state index contributed by atoms with van der Waals surface area (Å²) < 4.78 is 16.6. The molecular formula is C20H24O4Si. The molecule has 1 fully saturated rings. The monoisotopic (exact) mass is 356 g/mol. The summed E-state index contributed by atoms with van der Waals surface area (Å²) in [5.41, 5.74) is 0. The van der Waals surface area contributed by atoms with Crippen molar-refractivity contribution >= 4 is 24.2 Å². The normalized spacial score (nSPS) is 16.4. The molecule has 1 aliphatic heterocycles. The zero-order valence-corrected chi connectivity index (χ0v) is 16.0. The minimum Gasteiger partial charge on any atom is -0.493 e. The van der Waals surface area contributed by atoms with Gasteiger partial charge in [0, 0.05) is 12.8 Å². The highest BCUT2D eigenvalue weighted by molar-refractivity contribution is 7.02. The van der Waals surface area contributed by atoms with Crippen LogP contribution in [0, 0.1) is 0 Å². The molecule has 0 unspecified atom stereocenters. The van der Waals surface area contributed by atoms with E-state index in [1.807, 2.05) is 6.07 Å². The van der Waals surface area contributed by atoms with Crippen LogP contribution in [0.15, 0.2) is 42.5 Å². The Morgan fingerprint density at radius 1 is 0.800 bits per heavy atom. The maximum absolute atomic E-state index is 11.9. The standard InChI is InChI=1S/C20H24O4Si/c1-22-18-13-17(14-19(23-2)20(18)24-3)25(11-9-15(21)10-12-25)16-7-5-4-6-8-16/h4-8,13-14H,9-12H2,1-3H3. The van der Waals surface area contributed by atoms with Crippen molar-refractivity contribution in [3.05, 3.63) is 42.5 Å². The predicted octanol–water partition coefficient (Wildman–Crippen LogP) is 2.64. The molecule has 25 heavy (non-hydrogen) atoms. The second-order valence-electron chi connectivity index (χ2n) is 6.40. The summed E-state index contributed by atoms with van der Waals surface area (Å²) in [6, 6.07) is 16.6. The largest absolute Gasteiger partial charge is 0.493 e. The topological polar surface area (TPSA) is 44.8 Å². The van der Waals surface area contributed by atoms with E-state index >= 15 is 0 Å². The Balaban J connectivity index is 2.19. The van der Waals surface area contributed by atoms with Crippen LogP contribution < -0.4 is 24.6 Å². The van der Waals surface area contributed by atoms with E-state index in [1.165, 1.54) is 10.4 Å². The van der Waals surface area contributed by atoms with Crippen molar-refractivity contribution in [1.82, 2.24) is 0 Å². The van der Waals surface area contributed by atoms with E-state index in [2.05, 4.69) is 36.4 Å². The number of methoxy groups -OCH3 is 3. The summed E-state index contributed by atoms with van der Waals surface area (Å²) in [6.07, 6.45) is 1.30. The van der Waals surface area contributed by atoms with Crippen LogP contribution in [-0.2, 0) is 4.79 Å². The lowest BCUT2D eigenvalue weighted by atomic mass is 10.2. The van der Waals surface area contributed by atoms with Crippen LogP contribution in [0.2, 0.25) is 12.1 Å². The van der Waals surface area contributed by atoms with Crippen LogP contribution in [0.1, 0.15) is 12.8 Å². The highest BCUT2D eigenvalue weighted by Gasteiger charge is 2.41. The minimum absolute atomic E-state index is 0.367. The van der Waals surface area contributed by atoms with Gasteiger partial charge >= 0.3 is 0 Å².